The largest absolute Gasteiger partial charge is 0.371 e. The molecule has 0 spiro atoms. The Morgan fingerprint density at radius 3 is 2.71 bits per heavy atom. The number of halogens is 1. The quantitative estimate of drug-likeness (QED) is 0.444. The van der Waals surface area contributed by atoms with Crippen LogP contribution in [0.4, 0.5) is 5.69 Å². The number of likely N-dealkylation sites (tertiary alicyclic amines) is 1. The van der Waals surface area contributed by atoms with Crippen LogP contribution in [0.5, 0.6) is 0 Å². The minimum Gasteiger partial charge on any atom is -0.371 e. The van der Waals surface area contributed by atoms with Crippen molar-refractivity contribution in [1.29, 1.82) is 0 Å². The smallest absolute Gasteiger partial charge is 0.241 e. The summed E-state index contributed by atoms with van der Waals surface area (Å²) in [5.41, 5.74) is 3.72. The number of benzene rings is 2. The molecule has 0 atom stereocenters. The van der Waals surface area contributed by atoms with Crippen molar-refractivity contribution in [2.75, 3.05) is 37.6 Å². The van der Waals surface area contributed by atoms with Gasteiger partial charge < -0.3 is 14.7 Å². The van der Waals surface area contributed by atoms with Gasteiger partial charge in [-0.15, -0.1) is 0 Å². The van der Waals surface area contributed by atoms with Crippen molar-refractivity contribution >= 4 is 27.5 Å². The van der Waals surface area contributed by atoms with E-state index in [0.29, 0.717) is 18.3 Å². The average Bonchev–Trinajstić information content (AvgIpc) is 3.50. The van der Waals surface area contributed by atoms with Crippen LogP contribution in [0, 0.1) is 5.92 Å². The number of aromatic nitrogens is 2. The third kappa shape index (κ3) is 5.50. The number of anilines is 1. The zero-order chi connectivity index (χ0) is 23.3. The highest BCUT2D eigenvalue weighted by molar-refractivity contribution is 9.10. The maximum absolute atomic E-state index is 12.7. The minimum atomic E-state index is 0.0878. The first-order valence-electron chi connectivity index (χ1n) is 12.1. The molecule has 34 heavy (non-hydrogen) atoms. The standard InChI is InChI=1S/C26H30BrN5O2/c27-22-8-6-20(7-9-22)25-29-24(34-30-25)18-31-15-10-21(11-16-31)26(33)28-13-3-14-32-17-12-19-4-1-2-5-23(19)32/h1-2,4-9,21H,3,10-18H2,(H,28,33). The van der Waals surface area contributed by atoms with Crippen LogP contribution in [0.15, 0.2) is 57.5 Å². The molecular weight excluding hydrogens is 494 g/mol. The van der Waals surface area contributed by atoms with Crippen molar-refractivity contribution in [1.82, 2.24) is 20.4 Å². The van der Waals surface area contributed by atoms with Gasteiger partial charge in [0.15, 0.2) is 0 Å². The van der Waals surface area contributed by atoms with E-state index in [1.807, 2.05) is 24.3 Å². The third-order valence-corrected chi connectivity index (χ3v) is 7.30. The lowest BCUT2D eigenvalue weighted by molar-refractivity contribution is -0.126. The molecule has 1 saturated heterocycles. The molecule has 0 unspecified atom stereocenters. The van der Waals surface area contributed by atoms with Crippen LogP contribution in [-0.4, -0.2) is 53.7 Å². The number of carbonyl (C=O) groups is 1. The van der Waals surface area contributed by atoms with E-state index in [2.05, 4.69) is 65.5 Å². The number of para-hydroxylation sites is 1. The highest BCUT2D eigenvalue weighted by Crippen LogP contribution is 2.27. The van der Waals surface area contributed by atoms with Gasteiger partial charge in [-0.2, -0.15) is 4.98 Å². The predicted octanol–water partition coefficient (Wildman–Crippen LogP) is 4.28. The number of nitrogens with one attached hydrogen (secondary N) is 1. The fraction of sp³-hybridized carbons (Fsp3) is 0.423. The molecule has 3 heterocycles. The lowest BCUT2D eigenvalue weighted by atomic mass is 9.96. The predicted molar refractivity (Wildman–Crippen MR) is 135 cm³/mol. The molecule has 2 aliphatic rings. The van der Waals surface area contributed by atoms with E-state index in [1.165, 1.54) is 11.3 Å². The summed E-state index contributed by atoms with van der Waals surface area (Å²) in [4.78, 5) is 21.9. The van der Waals surface area contributed by atoms with Crippen LogP contribution >= 0.6 is 15.9 Å². The second kappa shape index (κ2) is 10.7. The molecule has 0 saturated carbocycles. The van der Waals surface area contributed by atoms with Crippen molar-refractivity contribution in [2.45, 2.75) is 32.2 Å². The highest BCUT2D eigenvalue weighted by atomic mass is 79.9. The van der Waals surface area contributed by atoms with Crippen LogP contribution in [-0.2, 0) is 17.8 Å². The maximum atomic E-state index is 12.7. The fourth-order valence-electron chi connectivity index (χ4n) is 4.84. The van der Waals surface area contributed by atoms with E-state index in [0.717, 1.165) is 68.4 Å². The summed E-state index contributed by atoms with van der Waals surface area (Å²) in [6.45, 7) is 5.14. The summed E-state index contributed by atoms with van der Waals surface area (Å²) >= 11 is 3.44. The van der Waals surface area contributed by atoms with Crippen LogP contribution < -0.4 is 10.2 Å². The van der Waals surface area contributed by atoms with Crippen LogP contribution in [0.25, 0.3) is 11.4 Å². The second-order valence-electron chi connectivity index (χ2n) is 9.08. The number of hydrogen-bond donors (Lipinski definition) is 1. The molecule has 5 rings (SSSR count). The van der Waals surface area contributed by atoms with Gasteiger partial charge in [-0.05, 0) is 74.7 Å². The molecule has 1 fully saturated rings. The third-order valence-electron chi connectivity index (χ3n) is 6.78. The molecule has 0 aliphatic carbocycles. The van der Waals surface area contributed by atoms with Gasteiger partial charge in [0.05, 0.1) is 6.54 Å². The summed E-state index contributed by atoms with van der Waals surface area (Å²) in [5, 5.41) is 7.27. The van der Waals surface area contributed by atoms with E-state index in [-0.39, 0.29) is 11.8 Å². The lowest BCUT2D eigenvalue weighted by Crippen LogP contribution is -2.40. The first kappa shape index (κ1) is 23.1. The molecule has 2 aromatic carbocycles. The van der Waals surface area contributed by atoms with E-state index < -0.39 is 0 Å². The Balaban J connectivity index is 1.02. The molecule has 178 valence electrons. The Morgan fingerprint density at radius 2 is 1.88 bits per heavy atom. The average molecular weight is 524 g/mol. The molecule has 0 radical (unpaired) electrons. The van der Waals surface area contributed by atoms with Gasteiger partial charge in [0.1, 0.15) is 0 Å². The number of rotatable bonds is 8. The first-order valence-corrected chi connectivity index (χ1v) is 12.9. The Bertz CT molecular complexity index is 1110. The zero-order valence-electron chi connectivity index (χ0n) is 19.3. The van der Waals surface area contributed by atoms with Crippen LogP contribution in [0.3, 0.4) is 0 Å². The number of carbonyl (C=O) groups excluding carboxylic acids is 1. The first-order chi connectivity index (χ1) is 16.7. The topological polar surface area (TPSA) is 74.5 Å². The van der Waals surface area contributed by atoms with Crippen molar-refractivity contribution in [3.8, 4) is 11.4 Å². The number of amides is 1. The molecule has 1 amide bonds. The Hall–Kier alpha value is -2.71. The summed E-state index contributed by atoms with van der Waals surface area (Å²) in [5.74, 6) is 1.50. The Labute approximate surface area is 208 Å². The second-order valence-corrected chi connectivity index (χ2v) is 10.00. The van der Waals surface area contributed by atoms with Gasteiger partial charge in [0.2, 0.25) is 17.6 Å². The van der Waals surface area contributed by atoms with Crippen molar-refractivity contribution < 1.29 is 9.32 Å². The maximum Gasteiger partial charge on any atom is 0.241 e. The minimum absolute atomic E-state index is 0.0878. The van der Waals surface area contributed by atoms with Crippen molar-refractivity contribution in [3.05, 3.63) is 64.5 Å². The number of hydrogen-bond acceptors (Lipinski definition) is 6. The molecule has 1 N–H and O–H groups in total. The molecule has 1 aromatic heterocycles. The zero-order valence-corrected chi connectivity index (χ0v) is 20.8. The van der Waals surface area contributed by atoms with Gasteiger partial charge >= 0.3 is 0 Å². The van der Waals surface area contributed by atoms with E-state index in [4.69, 9.17) is 4.52 Å². The van der Waals surface area contributed by atoms with E-state index in [1.54, 1.807) is 0 Å². The fourth-order valence-corrected chi connectivity index (χ4v) is 5.11. The van der Waals surface area contributed by atoms with Crippen molar-refractivity contribution in [2.24, 2.45) is 5.92 Å². The SMILES string of the molecule is O=C(NCCCN1CCc2ccccc21)C1CCN(Cc2nc(-c3ccc(Br)cc3)no2)CC1. The summed E-state index contributed by atoms with van der Waals surface area (Å²) in [6, 6.07) is 16.5. The van der Waals surface area contributed by atoms with Gasteiger partial charge in [-0.1, -0.05) is 39.3 Å². The van der Waals surface area contributed by atoms with Crippen molar-refractivity contribution in [3.63, 3.8) is 0 Å². The van der Waals surface area contributed by atoms with Gasteiger partial charge in [-0.25, -0.2) is 0 Å². The van der Waals surface area contributed by atoms with Gasteiger partial charge in [0, 0.05) is 41.3 Å². The normalized spacial score (nSPS) is 16.6. The Morgan fingerprint density at radius 1 is 1.09 bits per heavy atom. The number of nitrogens with zero attached hydrogens (tertiary/aromatic N) is 4. The summed E-state index contributed by atoms with van der Waals surface area (Å²) in [6.07, 6.45) is 3.81. The molecule has 3 aromatic rings. The summed E-state index contributed by atoms with van der Waals surface area (Å²) in [7, 11) is 0. The lowest BCUT2D eigenvalue weighted by Gasteiger charge is -2.30. The monoisotopic (exact) mass is 523 g/mol. The van der Waals surface area contributed by atoms with E-state index in [9.17, 15) is 4.79 Å². The van der Waals surface area contributed by atoms with Gasteiger partial charge in [-0.3, -0.25) is 9.69 Å². The molecule has 0 bridgehead atoms. The molecule has 8 heteroatoms. The number of fused-ring (bicyclic) bond motifs is 1. The summed E-state index contributed by atoms with van der Waals surface area (Å²) < 4.78 is 6.48. The van der Waals surface area contributed by atoms with Crippen LogP contribution in [0.1, 0.15) is 30.7 Å². The van der Waals surface area contributed by atoms with Gasteiger partial charge in [0.25, 0.3) is 0 Å². The molecule has 7 nitrogen and oxygen atoms in total. The molecule has 2 aliphatic heterocycles. The van der Waals surface area contributed by atoms with Crippen LogP contribution in [0.2, 0.25) is 0 Å². The van der Waals surface area contributed by atoms with E-state index >= 15 is 0 Å². The Kier molecular flexibility index (Phi) is 7.25. The molecular formula is C26H30BrN5O2. The highest BCUT2D eigenvalue weighted by Gasteiger charge is 2.26. The number of piperidine rings is 1.